The van der Waals surface area contributed by atoms with E-state index in [1.807, 2.05) is 0 Å². The minimum absolute atomic E-state index is 0.129. The number of halogens is 17. The fourth-order valence-electron chi connectivity index (χ4n) is 1.67. The van der Waals surface area contributed by atoms with Gasteiger partial charge in [-0.3, -0.25) is 0 Å². The van der Waals surface area contributed by atoms with Crippen LogP contribution < -0.4 is 0 Å². The van der Waals surface area contributed by atoms with Crippen LogP contribution in [0.1, 0.15) is 6.92 Å². The van der Waals surface area contributed by atoms with Crippen LogP contribution in [-0.4, -0.2) is 53.8 Å². The van der Waals surface area contributed by atoms with Crippen molar-refractivity contribution in [1.29, 1.82) is 0 Å². The summed E-state index contributed by atoms with van der Waals surface area (Å²) in [7, 11) is 0. The molecule has 1 atom stereocenters. The highest BCUT2D eigenvalue weighted by atomic mass is 19.4. The Labute approximate surface area is 158 Å². The first-order valence-electron chi connectivity index (χ1n) is 6.68. The minimum Gasteiger partial charge on any atom is -0.415 e. The molecule has 0 aromatic carbocycles. The second-order valence-electron chi connectivity index (χ2n) is 5.64. The van der Waals surface area contributed by atoms with E-state index < -0.39 is 59.4 Å². The molecule has 184 valence electrons. The van der Waals surface area contributed by atoms with Gasteiger partial charge in [-0.05, 0) is 6.92 Å². The fraction of sp³-hybridized carbons (Fsp3) is 0.750. The molecular weight excluding hydrogens is 499 g/mol. The molecule has 0 amide bonds. The number of hydrogen-bond donors (Lipinski definition) is 0. The van der Waals surface area contributed by atoms with Crippen LogP contribution in [-0.2, 0) is 9.53 Å². The molecule has 0 aliphatic heterocycles. The Kier molecular flexibility index (Phi) is 6.81. The molecule has 31 heavy (non-hydrogen) atoms. The van der Waals surface area contributed by atoms with Crippen molar-refractivity contribution in [2.24, 2.45) is 0 Å². The molecule has 0 aliphatic rings. The molecule has 0 fully saturated rings. The van der Waals surface area contributed by atoms with Crippen molar-refractivity contribution >= 4 is 5.97 Å². The first-order valence-corrected chi connectivity index (χ1v) is 6.68. The van der Waals surface area contributed by atoms with Gasteiger partial charge in [0.15, 0.2) is 0 Å². The first-order chi connectivity index (χ1) is 13.1. The van der Waals surface area contributed by atoms with Crippen molar-refractivity contribution in [3.05, 3.63) is 12.2 Å². The summed E-state index contributed by atoms with van der Waals surface area (Å²) < 4.78 is 223. The van der Waals surface area contributed by atoms with Gasteiger partial charge in [0.25, 0.3) is 0 Å². The van der Waals surface area contributed by atoms with Crippen LogP contribution in [0.3, 0.4) is 0 Å². The third kappa shape index (κ3) is 3.87. The van der Waals surface area contributed by atoms with Crippen molar-refractivity contribution < 1.29 is 84.2 Å². The summed E-state index contributed by atoms with van der Waals surface area (Å²) in [5, 5.41) is 0. The predicted octanol–water partition coefficient (Wildman–Crippen LogP) is 6.07. The third-order valence-corrected chi connectivity index (χ3v) is 3.35. The van der Waals surface area contributed by atoms with Crippen molar-refractivity contribution in [3.63, 3.8) is 0 Å². The van der Waals surface area contributed by atoms with E-state index in [0.29, 0.717) is 0 Å². The molecule has 0 rings (SSSR count). The third-order valence-electron chi connectivity index (χ3n) is 3.35. The Bertz CT molecular complexity index is 698. The van der Waals surface area contributed by atoms with Crippen molar-refractivity contribution in [1.82, 2.24) is 0 Å². The zero-order valence-electron chi connectivity index (χ0n) is 13.9. The van der Waals surface area contributed by atoms with Gasteiger partial charge in [0.1, 0.15) is 0 Å². The minimum atomic E-state index is -8.66. The Morgan fingerprint density at radius 3 is 1.13 bits per heavy atom. The van der Waals surface area contributed by atoms with Crippen molar-refractivity contribution in [2.75, 3.05) is 0 Å². The van der Waals surface area contributed by atoms with E-state index in [1.54, 1.807) is 0 Å². The molecule has 19 heteroatoms. The maximum atomic E-state index is 14.4. The molecule has 0 saturated heterocycles. The maximum absolute atomic E-state index is 14.4. The predicted molar refractivity (Wildman–Crippen MR) is 61.6 cm³/mol. The fourth-order valence-corrected chi connectivity index (χ4v) is 1.67. The van der Waals surface area contributed by atoms with Crippen LogP contribution in [0.2, 0.25) is 0 Å². The second kappa shape index (κ2) is 7.28. The van der Waals surface area contributed by atoms with E-state index in [9.17, 15) is 79.4 Å². The Morgan fingerprint density at radius 1 is 0.581 bits per heavy atom. The monoisotopic (exact) mass is 504 g/mol. The first kappa shape index (κ1) is 29.0. The van der Waals surface area contributed by atoms with E-state index in [-0.39, 0.29) is 6.92 Å². The summed E-state index contributed by atoms with van der Waals surface area (Å²) in [6.45, 7) is 2.42. The average molecular weight is 504 g/mol. The molecule has 0 N–H and O–H groups in total. The number of esters is 1. The van der Waals surface area contributed by atoms with Gasteiger partial charge in [-0.15, -0.1) is 0 Å². The largest absolute Gasteiger partial charge is 0.460 e. The van der Waals surface area contributed by atoms with Gasteiger partial charge in [-0.1, -0.05) is 6.58 Å². The van der Waals surface area contributed by atoms with Crippen LogP contribution in [0.15, 0.2) is 12.2 Å². The van der Waals surface area contributed by atoms with Gasteiger partial charge in [0.05, 0.1) is 0 Å². The van der Waals surface area contributed by atoms with Crippen molar-refractivity contribution in [2.45, 2.75) is 54.7 Å². The summed E-state index contributed by atoms with van der Waals surface area (Å²) >= 11 is 0. The van der Waals surface area contributed by atoms with Crippen LogP contribution in [0.25, 0.3) is 0 Å². The molecular formula is C12H5F17O2. The van der Waals surface area contributed by atoms with Crippen molar-refractivity contribution in [3.8, 4) is 0 Å². The lowest BCUT2D eigenvalue weighted by atomic mass is 9.84. The number of alkyl halides is 17. The summed E-state index contributed by atoms with van der Waals surface area (Å²) in [4.78, 5) is 11.0. The number of rotatable bonds is 6. The summed E-state index contributed by atoms with van der Waals surface area (Å²) in [6.07, 6.45) is -24.1. The van der Waals surface area contributed by atoms with E-state index >= 15 is 0 Å². The lowest BCUT2D eigenvalue weighted by Gasteiger charge is -2.46. The molecule has 0 bridgehead atoms. The maximum Gasteiger partial charge on any atom is 0.460 e. The Balaban J connectivity index is 7.54. The van der Waals surface area contributed by atoms with Crippen LogP contribution in [0.4, 0.5) is 74.6 Å². The molecule has 2 nitrogen and oxygen atoms in total. The van der Waals surface area contributed by atoms with Gasteiger partial charge in [-0.25, -0.2) is 9.18 Å². The van der Waals surface area contributed by atoms with E-state index in [0.717, 1.165) is 0 Å². The summed E-state index contributed by atoms with van der Waals surface area (Å²) in [5.74, 6) is -37.0. The van der Waals surface area contributed by atoms with Gasteiger partial charge >= 0.3 is 53.8 Å². The standard InChI is InChI=1S/C12H5F17O2/c1-3(2)4(30)31-9(20,5(13,10(21,22)23)11(24,25)26)7(16,17)6(14,15)8(18,19)12(27,28)29/h1H2,2H3. The quantitative estimate of drug-likeness (QED) is 0.250. The zero-order chi connectivity index (χ0) is 25.9. The summed E-state index contributed by atoms with van der Waals surface area (Å²) in [6, 6.07) is 0. The van der Waals surface area contributed by atoms with E-state index in [1.165, 1.54) is 0 Å². The highest BCUT2D eigenvalue weighted by Crippen LogP contribution is 2.65. The lowest BCUT2D eigenvalue weighted by Crippen LogP contribution is -2.79. The van der Waals surface area contributed by atoms with Gasteiger partial charge in [-0.2, -0.15) is 70.2 Å². The molecule has 0 aromatic heterocycles. The number of carbonyl (C=O) groups is 1. The van der Waals surface area contributed by atoms with Gasteiger partial charge in [0.2, 0.25) is 0 Å². The van der Waals surface area contributed by atoms with Gasteiger partial charge in [0, 0.05) is 5.57 Å². The Hall–Kier alpha value is -1.98. The molecule has 0 saturated carbocycles. The summed E-state index contributed by atoms with van der Waals surface area (Å²) in [5.41, 5.74) is -10.1. The van der Waals surface area contributed by atoms with Crippen LogP contribution in [0, 0.1) is 0 Å². The highest BCUT2D eigenvalue weighted by molar-refractivity contribution is 5.87. The Morgan fingerprint density at radius 2 is 0.903 bits per heavy atom. The molecule has 1 unspecified atom stereocenters. The molecule has 0 heterocycles. The average Bonchev–Trinajstić information content (AvgIpc) is 2.49. The molecule has 0 aromatic rings. The lowest BCUT2D eigenvalue weighted by molar-refractivity contribution is -0.484. The molecule has 0 aliphatic carbocycles. The smallest absolute Gasteiger partial charge is 0.415 e. The number of hydrogen-bond acceptors (Lipinski definition) is 2. The second-order valence-corrected chi connectivity index (χ2v) is 5.64. The van der Waals surface area contributed by atoms with E-state index in [2.05, 4.69) is 11.3 Å². The number of carbonyl (C=O) groups excluding carboxylic acids is 1. The van der Waals surface area contributed by atoms with Crippen LogP contribution >= 0.6 is 0 Å². The highest BCUT2D eigenvalue weighted by Gasteiger charge is 2.98. The SMILES string of the molecule is C=C(C)C(=O)OC(F)(C(F)(F)C(F)(F)C(F)(F)C(F)(F)F)C(F)(C(F)(F)F)C(F)(F)F. The van der Waals surface area contributed by atoms with Gasteiger partial charge < -0.3 is 4.74 Å². The van der Waals surface area contributed by atoms with Crippen LogP contribution in [0.5, 0.6) is 0 Å². The normalized spacial score (nSPS) is 17.2. The molecule has 0 spiro atoms. The number of ether oxygens (including phenoxy) is 1. The topological polar surface area (TPSA) is 26.3 Å². The van der Waals surface area contributed by atoms with E-state index in [4.69, 9.17) is 0 Å². The molecule has 0 radical (unpaired) electrons. The zero-order valence-corrected chi connectivity index (χ0v) is 13.9.